The van der Waals surface area contributed by atoms with Gasteiger partial charge < -0.3 is 15.4 Å². The molecule has 0 unspecified atom stereocenters. The van der Waals surface area contributed by atoms with Crippen LogP contribution in [0.2, 0.25) is 5.02 Å². The van der Waals surface area contributed by atoms with Crippen LogP contribution < -0.4 is 15.4 Å². The van der Waals surface area contributed by atoms with E-state index in [1.165, 1.54) is 30.5 Å². The Hall–Kier alpha value is -2.93. The highest BCUT2D eigenvalue weighted by Crippen LogP contribution is 2.39. The lowest BCUT2D eigenvalue weighted by molar-refractivity contribution is -0.123. The molecule has 1 saturated carbocycles. The number of amides is 2. The van der Waals surface area contributed by atoms with Crippen molar-refractivity contribution in [2.24, 2.45) is 0 Å². The summed E-state index contributed by atoms with van der Waals surface area (Å²) in [6.07, 6.45) is 4.44. The number of nitrogens with zero attached hydrogens (tertiary/aromatic N) is 1. The van der Waals surface area contributed by atoms with E-state index in [1.54, 1.807) is 12.3 Å². The van der Waals surface area contributed by atoms with Crippen molar-refractivity contribution in [2.75, 3.05) is 18.5 Å². The molecule has 1 aliphatic rings. The second kappa shape index (κ2) is 9.52. The van der Waals surface area contributed by atoms with Gasteiger partial charge in [-0.1, -0.05) is 24.2 Å². The summed E-state index contributed by atoms with van der Waals surface area (Å²) in [5, 5.41) is 5.28. The molecule has 0 saturated heterocycles. The van der Waals surface area contributed by atoms with Crippen LogP contribution in [-0.2, 0) is 9.59 Å². The molecule has 6 nitrogen and oxygen atoms in total. The van der Waals surface area contributed by atoms with Crippen molar-refractivity contribution in [3.05, 3.63) is 65.1 Å². The van der Waals surface area contributed by atoms with Crippen LogP contribution in [-0.4, -0.2) is 29.9 Å². The Labute approximate surface area is 173 Å². The smallest absolute Gasteiger partial charge is 0.257 e. The Bertz CT molecular complexity index is 914. The molecule has 1 aromatic heterocycles. The highest BCUT2D eigenvalue weighted by molar-refractivity contribution is 6.30. The molecule has 0 radical (unpaired) electrons. The molecule has 152 valence electrons. The van der Waals surface area contributed by atoms with Crippen LogP contribution in [0.1, 0.15) is 30.7 Å². The molecular formula is C21H21ClFN3O3. The molecule has 0 bridgehead atoms. The predicted octanol–water partition coefficient (Wildman–Crippen LogP) is 3.83. The van der Waals surface area contributed by atoms with E-state index in [2.05, 4.69) is 22.2 Å². The third kappa shape index (κ3) is 6.29. The number of ether oxygens (including phenoxy) is 1. The fourth-order valence-corrected chi connectivity index (χ4v) is 2.69. The highest BCUT2D eigenvalue weighted by Gasteiger charge is 2.23. The van der Waals surface area contributed by atoms with Crippen molar-refractivity contribution in [1.82, 2.24) is 10.3 Å². The maximum Gasteiger partial charge on any atom is 0.257 e. The van der Waals surface area contributed by atoms with Gasteiger partial charge in [-0.15, -0.1) is 0 Å². The second-order valence-corrected chi connectivity index (χ2v) is 7.18. The Morgan fingerprint density at radius 2 is 2.07 bits per heavy atom. The van der Waals surface area contributed by atoms with Crippen LogP contribution >= 0.6 is 11.6 Å². The van der Waals surface area contributed by atoms with Gasteiger partial charge in [0, 0.05) is 24.4 Å². The van der Waals surface area contributed by atoms with E-state index in [9.17, 15) is 14.0 Å². The normalized spacial score (nSPS) is 12.9. The molecule has 1 aromatic carbocycles. The lowest BCUT2D eigenvalue weighted by Crippen LogP contribution is -2.30. The predicted molar refractivity (Wildman–Crippen MR) is 109 cm³/mol. The molecular weight excluding hydrogens is 397 g/mol. The van der Waals surface area contributed by atoms with E-state index in [1.807, 2.05) is 6.07 Å². The van der Waals surface area contributed by atoms with Gasteiger partial charge in [-0.05, 0) is 48.9 Å². The van der Waals surface area contributed by atoms with Gasteiger partial charge in [-0.25, -0.2) is 9.37 Å². The second-order valence-electron chi connectivity index (χ2n) is 6.77. The third-order valence-corrected chi connectivity index (χ3v) is 4.71. The monoisotopic (exact) mass is 417 g/mol. The van der Waals surface area contributed by atoms with Crippen LogP contribution in [0.4, 0.5) is 10.2 Å². The number of hydrogen-bond donors (Lipinski definition) is 2. The summed E-state index contributed by atoms with van der Waals surface area (Å²) in [6.45, 7) is 3.68. The molecule has 2 N–H and O–H groups in total. The number of carbonyl (C=O) groups is 2. The molecule has 0 atom stereocenters. The van der Waals surface area contributed by atoms with Crippen molar-refractivity contribution in [3.8, 4) is 5.75 Å². The van der Waals surface area contributed by atoms with E-state index >= 15 is 0 Å². The number of nitrogens with one attached hydrogen (secondary N) is 2. The molecule has 1 heterocycles. The number of aromatic nitrogens is 1. The first-order valence-electron chi connectivity index (χ1n) is 9.22. The molecule has 29 heavy (non-hydrogen) atoms. The van der Waals surface area contributed by atoms with E-state index in [4.69, 9.17) is 16.3 Å². The summed E-state index contributed by atoms with van der Waals surface area (Å²) >= 11 is 5.59. The van der Waals surface area contributed by atoms with Crippen molar-refractivity contribution < 1.29 is 18.7 Å². The molecule has 0 spiro atoms. The zero-order valence-electron chi connectivity index (χ0n) is 15.7. The number of rotatable bonds is 9. The minimum absolute atomic E-state index is 0.0207. The van der Waals surface area contributed by atoms with Gasteiger partial charge >= 0.3 is 0 Å². The molecule has 1 fully saturated rings. The largest absolute Gasteiger partial charge is 0.484 e. The number of halogens is 2. The van der Waals surface area contributed by atoms with Crippen LogP contribution in [0, 0.1) is 5.82 Å². The molecule has 0 aliphatic heterocycles. The SMILES string of the molecule is C=C(CCNC(=O)COc1ccc(Cl)c(F)c1)C(=O)Nc1ccc(C2CC2)cn1. The molecule has 2 aromatic rings. The lowest BCUT2D eigenvalue weighted by Gasteiger charge is -2.10. The number of benzene rings is 1. The van der Waals surface area contributed by atoms with Gasteiger partial charge in [-0.3, -0.25) is 9.59 Å². The Morgan fingerprint density at radius 3 is 2.72 bits per heavy atom. The summed E-state index contributed by atoms with van der Waals surface area (Å²) in [7, 11) is 0. The van der Waals surface area contributed by atoms with E-state index in [0.717, 1.165) is 6.07 Å². The number of anilines is 1. The van der Waals surface area contributed by atoms with Crippen LogP contribution in [0.25, 0.3) is 0 Å². The maximum absolute atomic E-state index is 13.3. The molecule has 2 amide bonds. The van der Waals surface area contributed by atoms with E-state index in [-0.39, 0.29) is 36.3 Å². The lowest BCUT2D eigenvalue weighted by atomic mass is 10.2. The quantitative estimate of drug-likeness (QED) is 0.607. The molecule has 1 aliphatic carbocycles. The van der Waals surface area contributed by atoms with E-state index < -0.39 is 11.7 Å². The van der Waals surface area contributed by atoms with Gasteiger partial charge in [0.15, 0.2) is 6.61 Å². The van der Waals surface area contributed by atoms with Gasteiger partial charge in [0.05, 0.1) is 5.02 Å². The third-order valence-electron chi connectivity index (χ3n) is 4.41. The first kappa shape index (κ1) is 20.8. The Morgan fingerprint density at radius 1 is 1.28 bits per heavy atom. The Kier molecular flexibility index (Phi) is 6.82. The fraction of sp³-hybridized carbons (Fsp3) is 0.286. The summed E-state index contributed by atoms with van der Waals surface area (Å²) < 4.78 is 18.5. The topological polar surface area (TPSA) is 80.3 Å². The summed E-state index contributed by atoms with van der Waals surface area (Å²) in [6, 6.07) is 7.66. The molecule has 8 heteroatoms. The average Bonchev–Trinajstić information content (AvgIpc) is 3.54. The van der Waals surface area contributed by atoms with Gasteiger partial charge in [0.2, 0.25) is 0 Å². The highest BCUT2D eigenvalue weighted by atomic mass is 35.5. The molecule has 3 rings (SSSR count). The summed E-state index contributed by atoms with van der Waals surface area (Å²) in [5.41, 5.74) is 1.51. The number of pyridine rings is 1. The van der Waals surface area contributed by atoms with Gasteiger partial charge in [0.1, 0.15) is 17.4 Å². The fourth-order valence-electron chi connectivity index (χ4n) is 2.58. The van der Waals surface area contributed by atoms with Gasteiger partial charge in [0.25, 0.3) is 11.8 Å². The summed E-state index contributed by atoms with van der Waals surface area (Å²) in [4.78, 5) is 28.2. The first-order valence-corrected chi connectivity index (χ1v) is 9.60. The van der Waals surface area contributed by atoms with Crippen molar-refractivity contribution >= 4 is 29.2 Å². The van der Waals surface area contributed by atoms with Crippen molar-refractivity contribution in [2.45, 2.75) is 25.2 Å². The Balaban J connectivity index is 1.35. The van der Waals surface area contributed by atoms with Crippen LogP contribution in [0.3, 0.4) is 0 Å². The van der Waals surface area contributed by atoms with Crippen LogP contribution in [0.15, 0.2) is 48.7 Å². The van der Waals surface area contributed by atoms with E-state index in [0.29, 0.717) is 17.3 Å². The maximum atomic E-state index is 13.3. The minimum atomic E-state index is -0.622. The van der Waals surface area contributed by atoms with Gasteiger partial charge in [-0.2, -0.15) is 0 Å². The summed E-state index contributed by atoms with van der Waals surface area (Å²) in [5.74, 6) is -0.0963. The first-order chi connectivity index (χ1) is 13.9. The number of carbonyl (C=O) groups excluding carboxylic acids is 2. The van der Waals surface area contributed by atoms with Crippen molar-refractivity contribution in [1.29, 1.82) is 0 Å². The minimum Gasteiger partial charge on any atom is -0.484 e. The number of hydrogen-bond acceptors (Lipinski definition) is 4. The zero-order valence-corrected chi connectivity index (χ0v) is 16.5. The zero-order chi connectivity index (χ0) is 20.8. The standard InChI is InChI=1S/C21H21ClFN3O3/c1-13(21(28)26-19-7-4-15(11-25-19)14-2-3-14)8-9-24-20(27)12-29-16-5-6-17(22)18(23)10-16/h4-7,10-11,14H,1-3,8-9,12H2,(H,24,27)(H,25,26,28). The van der Waals surface area contributed by atoms with Crippen molar-refractivity contribution in [3.63, 3.8) is 0 Å². The average molecular weight is 418 g/mol. The van der Waals surface area contributed by atoms with Crippen LogP contribution in [0.5, 0.6) is 5.75 Å².